The van der Waals surface area contributed by atoms with E-state index in [0.29, 0.717) is 21.1 Å². The van der Waals surface area contributed by atoms with Gasteiger partial charge >= 0.3 is 0 Å². The summed E-state index contributed by atoms with van der Waals surface area (Å²) >= 11 is 6.95. The number of benzene rings is 1. The van der Waals surface area contributed by atoms with Crippen LogP contribution < -0.4 is 15.0 Å². The second-order valence-corrected chi connectivity index (χ2v) is 7.06. The van der Waals surface area contributed by atoms with Crippen LogP contribution in [0.1, 0.15) is 16.0 Å². The summed E-state index contributed by atoms with van der Waals surface area (Å²) in [6.07, 6.45) is 3.47. The van der Waals surface area contributed by atoms with E-state index >= 15 is 0 Å². The van der Waals surface area contributed by atoms with Crippen molar-refractivity contribution in [2.24, 2.45) is 0 Å². The van der Waals surface area contributed by atoms with Crippen molar-refractivity contribution in [3.05, 3.63) is 82.3 Å². The third-order valence-electron chi connectivity index (χ3n) is 3.87. The van der Waals surface area contributed by atoms with Crippen LogP contribution in [0.5, 0.6) is 0 Å². The van der Waals surface area contributed by atoms with E-state index in [0.717, 1.165) is 11.3 Å². The van der Waals surface area contributed by atoms with Gasteiger partial charge in [-0.3, -0.25) is 0 Å². The first kappa shape index (κ1) is 18.3. The molecule has 0 spiro atoms. The highest BCUT2D eigenvalue weighted by atomic mass is 32.1. The van der Waals surface area contributed by atoms with E-state index in [4.69, 9.17) is 12.2 Å². The molecule has 6 heteroatoms. The summed E-state index contributed by atoms with van der Waals surface area (Å²) in [5.41, 5.74) is 2.93. The Morgan fingerprint density at radius 3 is 2.69 bits per heavy atom. The Morgan fingerprint density at radius 2 is 2.00 bits per heavy atom. The highest BCUT2D eigenvalue weighted by Gasteiger charge is 2.20. The number of para-hydroxylation sites is 1. The predicted octanol–water partition coefficient (Wildman–Crippen LogP) is 2.96. The number of pyridine rings is 1. The van der Waals surface area contributed by atoms with Gasteiger partial charge in [0.1, 0.15) is 0 Å². The van der Waals surface area contributed by atoms with Gasteiger partial charge in [-0.05, 0) is 41.8 Å². The van der Waals surface area contributed by atoms with Crippen molar-refractivity contribution in [3.8, 4) is 0 Å². The minimum Gasteiger partial charge on any atom is -0.867 e. The fourth-order valence-corrected chi connectivity index (χ4v) is 3.49. The third kappa shape index (κ3) is 3.99. The molecule has 2 heterocycles. The lowest BCUT2D eigenvalue weighted by atomic mass is 10.2. The molecule has 0 aliphatic carbocycles. The smallest absolute Gasteiger partial charge is 0.239 e. The molecule has 0 bridgehead atoms. The van der Waals surface area contributed by atoms with E-state index in [9.17, 15) is 10.2 Å². The summed E-state index contributed by atoms with van der Waals surface area (Å²) in [7, 11) is 0. The largest absolute Gasteiger partial charge is 0.867 e. The lowest BCUT2D eigenvalue weighted by Crippen LogP contribution is -2.40. The van der Waals surface area contributed by atoms with E-state index in [-0.39, 0.29) is 12.4 Å². The van der Waals surface area contributed by atoms with Gasteiger partial charge in [0.15, 0.2) is 17.4 Å². The average molecular weight is 383 g/mol. The number of nitrogens with one attached hydrogen (secondary N) is 1. The Kier molecular flexibility index (Phi) is 5.78. The molecule has 0 aliphatic rings. The van der Waals surface area contributed by atoms with Gasteiger partial charge in [0.25, 0.3) is 0 Å². The van der Waals surface area contributed by atoms with Crippen LogP contribution in [0.15, 0.2) is 66.3 Å². The van der Waals surface area contributed by atoms with Gasteiger partial charge in [0.05, 0.1) is 6.61 Å². The van der Waals surface area contributed by atoms with Gasteiger partial charge < -0.3 is 15.5 Å². The number of anilines is 1. The monoisotopic (exact) mass is 382 g/mol. The lowest BCUT2D eigenvalue weighted by molar-refractivity contribution is -0.578. The van der Waals surface area contributed by atoms with Gasteiger partial charge in [0, 0.05) is 22.2 Å². The minimum absolute atomic E-state index is 0.112. The Hall–Kier alpha value is -2.54. The SMILES string of the molecule is Cc1ccccc1NC(=S)C(=C([O-])c1cccs1)[n+]1cccc(CO)c1. The number of nitrogens with zero attached hydrogens (tertiary/aromatic N) is 1. The number of aryl methyl sites for hydroxylation is 1. The zero-order chi connectivity index (χ0) is 18.5. The zero-order valence-corrected chi connectivity index (χ0v) is 15.8. The molecule has 0 saturated heterocycles. The minimum atomic E-state index is -0.161. The van der Waals surface area contributed by atoms with E-state index in [1.165, 1.54) is 11.3 Å². The van der Waals surface area contributed by atoms with Crippen LogP contribution in [-0.2, 0) is 6.61 Å². The average Bonchev–Trinajstić information content (AvgIpc) is 3.19. The normalized spacial score (nSPS) is 11.8. The second kappa shape index (κ2) is 8.23. The highest BCUT2D eigenvalue weighted by Crippen LogP contribution is 2.22. The van der Waals surface area contributed by atoms with Crippen molar-refractivity contribution in [1.29, 1.82) is 0 Å². The summed E-state index contributed by atoms with van der Waals surface area (Å²) < 4.78 is 1.67. The molecule has 132 valence electrons. The second-order valence-electron chi connectivity index (χ2n) is 5.70. The Bertz CT molecular complexity index is 950. The number of aliphatic hydroxyl groups excluding tert-OH is 1. The molecule has 0 radical (unpaired) electrons. The molecule has 2 N–H and O–H groups in total. The van der Waals surface area contributed by atoms with Gasteiger partial charge in [-0.2, -0.15) is 4.57 Å². The highest BCUT2D eigenvalue weighted by molar-refractivity contribution is 7.81. The number of hydrogen-bond acceptors (Lipinski definition) is 4. The molecule has 0 amide bonds. The molecule has 0 aliphatic heterocycles. The first-order chi connectivity index (χ1) is 12.6. The van der Waals surface area contributed by atoms with E-state index in [1.54, 1.807) is 35.2 Å². The fraction of sp³-hybridized carbons (Fsp3) is 0.100. The summed E-state index contributed by atoms with van der Waals surface area (Å²) in [5.74, 6) is -0.161. The summed E-state index contributed by atoms with van der Waals surface area (Å²) in [6, 6.07) is 14.9. The van der Waals surface area contributed by atoms with Crippen LogP contribution >= 0.6 is 23.6 Å². The number of thiophene rings is 1. The molecule has 3 rings (SSSR count). The van der Waals surface area contributed by atoms with Gasteiger partial charge in [-0.1, -0.05) is 36.5 Å². The lowest BCUT2D eigenvalue weighted by Gasteiger charge is -2.16. The zero-order valence-electron chi connectivity index (χ0n) is 14.2. The Morgan fingerprint density at radius 1 is 1.19 bits per heavy atom. The molecule has 4 nitrogen and oxygen atoms in total. The van der Waals surface area contributed by atoms with E-state index in [1.807, 2.05) is 42.6 Å². The van der Waals surface area contributed by atoms with Crippen LogP contribution in [0.3, 0.4) is 0 Å². The standard InChI is InChI=1S/C20H18N2O2S2/c1-14-6-2-3-8-16(14)21-20(25)18(19(24)17-9-5-11-26-17)22-10-4-7-15(12-22)13-23/h2-12,23H,13H2,1H3,(H-,21,24,25). The van der Waals surface area contributed by atoms with Crippen molar-refractivity contribution in [2.75, 3.05) is 5.32 Å². The Balaban J connectivity index is 2.07. The maximum absolute atomic E-state index is 13.1. The number of thiocarbonyl (C=S) groups is 1. The molecule has 26 heavy (non-hydrogen) atoms. The van der Waals surface area contributed by atoms with Crippen LogP contribution in [0.25, 0.3) is 11.5 Å². The van der Waals surface area contributed by atoms with Gasteiger partial charge in [-0.25, -0.2) is 0 Å². The molecule has 2 aromatic heterocycles. The number of aromatic nitrogens is 1. The molecule has 0 unspecified atom stereocenters. The number of aliphatic hydroxyl groups is 1. The predicted molar refractivity (Wildman–Crippen MR) is 107 cm³/mol. The first-order valence-electron chi connectivity index (χ1n) is 8.03. The van der Waals surface area contributed by atoms with E-state index in [2.05, 4.69) is 5.32 Å². The quantitative estimate of drug-likeness (QED) is 0.308. The van der Waals surface area contributed by atoms with Crippen LogP contribution in [0.2, 0.25) is 0 Å². The molecule has 0 atom stereocenters. The molecule has 0 saturated carbocycles. The fourth-order valence-electron chi connectivity index (χ4n) is 2.51. The first-order valence-corrected chi connectivity index (χ1v) is 9.32. The topological polar surface area (TPSA) is 59.2 Å². The third-order valence-corrected chi connectivity index (χ3v) is 5.04. The number of hydrogen-bond donors (Lipinski definition) is 2. The van der Waals surface area contributed by atoms with E-state index < -0.39 is 0 Å². The molecular weight excluding hydrogens is 364 g/mol. The molecular formula is C20H18N2O2S2. The van der Waals surface area contributed by atoms with Gasteiger partial charge in [0.2, 0.25) is 5.70 Å². The van der Waals surface area contributed by atoms with Crippen LogP contribution in [0.4, 0.5) is 5.69 Å². The van der Waals surface area contributed by atoms with Crippen molar-refractivity contribution >= 4 is 45.7 Å². The van der Waals surface area contributed by atoms with Crippen molar-refractivity contribution in [1.82, 2.24) is 0 Å². The summed E-state index contributed by atoms with van der Waals surface area (Å²) in [6.45, 7) is 1.87. The number of rotatable bonds is 5. The van der Waals surface area contributed by atoms with Crippen molar-refractivity contribution < 1.29 is 14.8 Å². The molecule has 1 aromatic carbocycles. The molecule has 0 fully saturated rings. The molecule has 3 aromatic rings. The van der Waals surface area contributed by atoms with Crippen LogP contribution in [0, 0.1) is 6.92 Å². The maximum Gasteiger partial charge on any atom is 0.239 e. The van der Waals surface area contributed by atoms with Crippen molar-refractivity contribution in [3.63, 3.8) is 0 Å². The maximum atomic E-state index is 13.1. The summed E-state index contributed by atoms with van der Waals surface area (Å²) in [5, 5.41) is 27.6. The summed E-state index contributed by atoms with van der Waals surface area (Å²) in [4.78, 5) is 0.939. The van der Waals surface area contributed by atoms with Gasteiger partial charge in [-0.15, -0.1) is 11.3 Å². The van der Waals surface area contributed by atoms with Crippen molar-refractivity contribution in [2.45, 2.75) is 13.5 Å². The Labute approximate surface area is 161 Å². The van der Waals surface area contributed by atoms with Crippen LogP contribution in [-0.4, -0.2) is 10.1 Å².